The van der Waals surface area contributed by atoms with E-state index in [1.807, 2.05) is 60.9 Å². The van der Waals surface area contributed by atoms with Crippen LogP contribution in [0.3, 0.4) is 0 Å². The predicted octanol–water partition coefficient (Wildman–Crippen LogP) is 5.88. The minimum Gasteiger partial charge on any atom is -0.465 e. The molecule has 0 atom stereocenters. The number of imide groups is 1. The molecular weight excluding hydrogens is 504 g/mol. The van der Waals surface area contributed by atoms with Crippen molar-refractivity contribution in [1.29, 1.82) is 0 Å². The van der Waals surface area contributed by atoms with E-state index in [0.29, 0.717) is 10.5 Å². The summed E-state index contributed by atoms with van der Waals surface area (Å²) in [6.45, 7) is 4.16. The van der Waals surface area contributed by atoms with E-state index in [1.165, 1.54) is 12.0 Å². The summed E-state index contributed by atoms with van der Waals surface area (Å²) in [5.41, 5.74) is 5.01. The molecule has 6 nitrogen and oxygen atoms in total. The second kappa shape index (κ2) is 9.41. The maximum atomic E-state index is 13.0. The molecule has 33 heavy (non-hydrogen) atoms. The van der Waals surface area contributed by atoms with Crippen LogP contribution in [0.4, 0.5) is 4.79 Å². The van der Waals surface area contributed by atoms with Crippen molar-refractivity contribution < 1.29 is 19.1 Å². The molecule has 1 aliphatic rings. The van der Waals surface area contributed by atoms with E-state index in [9.17, 15) is 14.4 Å². The van der Waals surface area contributed by atoms with Gasteiger partial charge in [0, 0.05) is 21.5 Å². The zero-order chi connectivity index (χ0) is 23.7. The number of nitrogens with zero attached hydrogens (tertiary/aromatic N) is 2. The first-order chi connectivity index (χ1) is 15.8. The van der Waals surface area contributed by atoms with E-state index in [0.717, 1.165) is 44.4 Å². The Morgan fingerprint density at radius 3 is 2.36 bits per heavy atom. The predicted molar refractivity (Wildman–Crippen MR) is 132 cm³/mol. The molecule has 1 saturated heterocycles. The Labute approximate surface area is 204 Å². The summed E-state index contributed by atoms with van der Waals surface area (Å²) in [5, 5.41) is -0.277. The van der Waals surface area contributed by atoms with E-state index in [2.05, 4.69) is 15.9 Å². The van der Waals surface area contributed by atoms with E-state index < -0.39 is 0 Å². The Morgan fingerprint density at radius 2 is 1.73 bits per heavy atom. The van der Waals surface area contributed by atoms with Gasteiger partial charge in [-0.25, -0.2) is 4.79 Å². The summed E-state index contributed by atoms with van der Waals surface area (Å²) in [6.07, 6.45) is 1.77. The number of carbonyl (C=O) groups is 3. The van der Waals surface area contributed by atoms with Crippen LogP contribution in [0.2, 0.25) is 0 Å². The summed E-state index contributed by atoms with van der Waals surface area (Å²) >= 11 is 4.34. The first kappa shape index (κ1) is 23.1. The van der Waals surface area contributed by atoms with Crippen molar-refractivity contribution in [3.8, 4) is 5.69 Å². The molecule has 2 amide bonds. The van der Waals surface area contributed by atoms with Crippen molar-refractivity contribution in [1.82, 2.24) is 9.47 Å². The molecule has 0 radical (unpaired) electrons. The third-order valence-corrected chi connectivity index (χ3v) is 6.87. The fourth-order valence-corrected chi connectivity index (χ4v) is 4.84. The highest BCUT2D eigenvalue weighted by Gasteiger charge is 2.35. The molecule has 0 aliphatic carbocycles. The van der Waals surface area contributed by atoms with Gasteiger partial charge in [-0.05, 0) is 85.3 Å². The Hall–Kier alpha value is -3.10. The number of carbonyl (C=O) groups excluding carboxylic acids is 3. The first-order valence-corrected chi connectivity index (χ1v) is 11.8. The van der Waals surface area contributed by atoms with Gasteiger partial charge in [-0.3, -0.25) is 14.5 Å². The van der Waals surface area contributed by atoms with Crippen molar-refractivity contribution >= 4 is 50.9 Å². The summed E-state index contributed by atoms with van der Waals surface area (Å²) in [5.74, 6) is -0.679. The molecule has 0 N–H and O–H groups in total. The molecular formula is C25H21BrN2O4S. The summed E-state index contributed by atoms with van der Waals surface area (Å²) in [4.78, 5) is 38.8. The number of amides is 2. The smallest absolute Gasteiger partial charge is 0.337 e. The number of esters is 1. The zero-order valence-corrected chi connectivity index (χ0v) is 20.7. The minimum absolute atomic E-state index is 0.237. The standard InChI is InChI=1S/C25H21BrN2O4S/c1-15-12-19(16(2)28(15)21-10-6-18(7-11-21)24(30)32-3)13-22-23(29)27(25(31)33-22)14-17-4-8-20(26)9-5-17/h4-13H,14H2,1-3H3/b22-13-. The van der Waals surface area contributed by atoms with Crippen molar-refractivity contribution in [2.45, 2.75) is 20.4 Å². The van der Waals surface area contributed by atoms with Crippen LogP contribution in [-0.4, -0.2) is 33.7 Å². The highest BCUT2D eigenvalue weighted by molar-refractivity contribution is 9.10. The third-order valence-electron chi connectivity index (χ3n) is 5.43. The minimum atomic E-state index is -0.387. The number of hydrogen-bond donors (Lipinski definition) is 0. The average Bonchev–Trinajstić information content (AvgIpc) is 3.23. The van der Waals surface area contributed by atoms with Crippen LogP contribution in [-0.2, 0) is 16.1 Å². The van der Waals surface area contributed by atoms with Gasteiger partial charge in [-0.2, -0.15) is 0 Å². The number of aryl methyl sites for hydroxylation is 1. The molecule has 0 spiro atoms. The molecule has 1 fully saturated rings. The fraction of sp³-hybridized carbons (Fsp3) is 0.160. The largest absolute Gasteiger partial charge is 0.465 e. The summed E-state index contributed by atoms with van der Waals surface area (Å²) in [6, 6.07) is 16.6. The number of ether oxygens (including phenoxy) is 1. The van der Waals surface area contributed by atoms with Crippen LogP contribution >= 0.6 is 27.7 Å². The number of methoxy groups -OCH3 is 1. The summed E-state index contributed by atoms with van der Waals surface area (Å²) < 4.78 is 7.74. The van der Waals surface area contributed by atoms with Gasteiger partial charge in [0.25, 0.3) is 11.1 Å². The molecule has 0 bridgehead atoms. The Kier molecular flexibility index (Phi) is 6.58. The number of aromatic nitrogens is 1. The maximum Gasteiger partial charge on any atom is 0.337 e. The topological polar surface area (TPSA) is 68.6 Å². The van der Waals surface area contributed by atoms with E-state index >= 15 is 0 Å². The number of benzene rings is 2. The molecule has 0 unspecified atom stereocenters. The summed E-state index contributed by atoms with van der Waals surface area (Å²) in [7, 11) is 1.35. The van der Waals surface area contributed by atoms with Crippen LogP contribution in [0.5, 0.6) is 0 Å². The highest BCUT2D eigenvalue weighted by atomic mass is 79.9. The van der Waals surface area contributed by atoms with Gasteiger partial charge in [0.1, 0.15) is 0 Å². The van der Waals surface area contributed by atoms with Crippen molar-refractivity contribution in [3.05, 3.63) is 92.1 Å². The molecule has 168 valence electrons. The zero-order valence-electron chi connectivity index (χ0n) is 18.3. The lowest BCUT2D eigenvalue weighted by Crippen LogP contribution is -2.27. The van der Waals surface area contributed by atoms with Crippen molar-refractivity contribution in [3.63, 3.8) is 0 Å². The lowest BCUT2D eigenvalue weighted by atomic mass is 10.2. The number of halogens is 1. The van der Waals surface area contributed by atoms with Crippen molar-refractivity contribution in [2.24, 2.45) is 0 Å². The molecule has 8 heteroatoms. The molecule has 1 aromatic heterocycles. The average molecular weight is 525 g/mol. The Balaban J connectivity index is 1.59. The second-order valence-electron chi connectivity index (χ2n) is 7.59. The van der Waals surface area contributed by atoms with Crippen LogP contribution in [0, 0.1) is 13.8 Å². The monoisotopic (exact) mass is 524 g/mol. The Morgan fingerprint density at radius 1 is 1.06 bits per heavy atom. The fourth-order valence-electron chi connectivity index (χ4n) is 3.75. The molecule has 2 heterocycles. The number of rotatable bonds is 5. The second-order valence-corrected chi connectivity index (χ2v) is 9.50. The first-order valence-electron chi connectivity index (χ1n) is 10.2. The van der Waals surface area contributed by atoms with Crippen LogP contribution in [0.1, 0.15) is 32.9 Å². The molecule has 2 aromatic carbocycles. The molecule has 3 aromatic rings. The lowest BCUT2D eigenvalue weighted by molar-refractivity contribution is -0.123. The van der Waals surface area contributed by atoms with E-state index in [1.54, 1.807) is 18.2 Å². The van der Waals surface area contributed by atoms with Crippen molar-refractivity contribution in [2.75, 3.05) is 7.11 Å². The third kappa shape index (κ3) is 4.67. The van der Waals surface area contributed by atoms with Gasteiger partial charge in [0.15, 0.2) is 0 Å². The van der Waals surface area contributed by atoms with Gasteiger partial charge in [0.2, 0.25) is 0 Å². The number of hydrogen-bond acceptors (Lipinski definition) is 5. The Bertz CT molecular complexity index is 1280. The maximum absolute atomic E-state index is 13.0. The van der Waals surface area contributed by atoms with Gasteiger partial charge in [-0.1, -0.05) is 28.1 Å². The van der Waals surface area contributed by atoms with E-state index in [4.69, 9.17) is 4.74 Å². The van der Waals surface area contributed by atoms with Gasteiger partial charge in [-0.15, -0.1) is 0 Å². The van der Waals surface area contributed by atoms with Crippen LogP contribution < -0.4 is 0 Å². The lowest BCUT2D eigenvalue weighted by Gasteiger charge is -2.12. The molecule has 1 aliphatic heterocycles. The van der Waals surface area contributed by atoms with Gasteiger partial charge >= 0.3 is 5.97 Å². The quantitative estimate of drug-likeness (QED) is 0.308. The van der Waals surface area contributed by atoms with E-state index in [-0.39, 0.29) is 23.7 Å². The van der Waals surface area contributed by atoms with Crippen LogP contribution in [0.25, 0.3) is 11.8 Å². The highest BCUT2D eigenvalue weighted by Crippen LogP contribution is 2.34. The van der Waals surface area contributed by atoms with Crippen LogP contribution in [0.15, 0.2) is 64.0 Å². The number of thioether (sulfide) groups is 1. The molecule has 0 saturated carbocycles. The normalized spacial score (nSPS) is 14.9. The molecule has 4 rings (SSSR count). The van der Waals surface area contributed by atoms with Gasteiger partial charge < -0.3 is 9.30 Å². The van der Waals surface area contributed by atoms with Gasteiger partial charge in [0.05, 0.1) is 24.1 Å². The SMILES string of the molecule is COC(=O)c1ccc(-n2c(C)cc(/C=C3\SC(=O)N(Cc4ccc(Br)cc4)C3=O)c2C)cc1.